The lowest BCUT2D eigenvalue weighted by Gasteiger charge is -1.95. The standard InChI is InChI=1S/C13H11NS/c1-4-12-10(3)14-13(15-12)11-7-5-9(2)6-8-11/h1,5-8H,2-3H3. The molecule has 0 saturated carbocycles. The van der Waals surface area contributed by atoms with Crippen molar-refractivity contribution in [2.75, 3.05) is 0 Å². The van der Waals surface area contributed by atoms with Gasteiger partial charge in [-0.2, -0.15) is 0 Å². The first-order chi connectivity index (χ1) is 7.20. The van der Waals surface area contributed by atoms with Crippen molar-refractivity contribution in [3.63, 3.8) is 0 Å². The third-order valence-electron chi connectivity index (χ3n) is 2.23. The first kappa shape index (κ1) is 9.95. The third kappa shape index (κ3) is 1.93. The van der Waals surface area contributed by atoms with E-state index in [9.17, 15) is 0 Å². The van der Waals surface area contributed by atoms with E-state index in [2.05, 4.69) is 42.1 Å². The highest BCUT2D eigenvalue weighted by Gasteiger charge is 2.06. The van der Waals surface area contributed by atoms with Crippen molar-refractivity contribution in [1.29, 1.82) is 0 Å². The van der Waals surface area contributed by atoms with Gasteiger partial charge >= 0.3 is 0 Å². The van der Waals surface area contributed by atoms with E-state index < -0.39 is 0 Å². The highest BCUT2D eigenvalue weighted by molar-refractivity contribution is 7.15. The van der Waals surface area contributed by atoms with Gasteiger partial charge in [-0.1, -0.05) is 35.7 Å². The van der Waals surface area contributed by atoms with Gasteiger partial charge in [0.15, 0.2) is 0 Å². The Morgan fingerprint density at radius 2 is 1.87 bits per heavy atom. The Morgan fingerprint density at radius 1 is 1.20 bits per heavy atom. The fraction of sp³-hybridized carbons (Fsp3) is 0.154. The number of nitrogens with zero attached hydrogens (tertiary/aromatic N) is 1. The summed E-state index contributed by atoms with van der Waals surface area (Å²) < 4.78 is 0. The number of hydrogen-bond donors (Lipinski definition) is 0. The SMILES string of the molecule is C#Cc1sc(-c2ccc(C)cc2)nc1C. The van der Waals surface area contributed by atoms with E-state index >= 15 is 0 Å². The number of terminal acetylenes is 1. The summed E-state index contributed by atoms with van der Waals surface area (Å²) in [5.74, 6) is 2.65. The third-order valence-corrected chi connectivity index (χ3v) is 3.36. The van der Waals surface area contributed by atoms with E-state index in [1.807, 2.05) is 6.92 Å². The van der Waals surface area contributed by atoms with Gasteiger partial charge in [-0.15, -0.1) is 17.8 Å². The molecule has 0 aliphatic rings. The van der Waals surface area contributed by atoms with E-state index in [4.69, 9.17) is 6.42 Å². The minimum atomic E-state index is 0.922. The summed E-state index contributed by atoms with van der Waals surface area (Å²) in [4.78, 5) is 5.38. The topological polar surface area (TPSA) is 12.9 Å². The van der Waals surface area contributed by atoms with Crippen LogP contribution in [0.25, 0.3) is 10.6 Å². The molecule has 15 heavy (non-hydrogen) atoms. The van der Waals surface area contributed by atoms with Crippen LogP contribution in [0.3, 0.4) is 0 Å². The minimum absolute atomic E-state index is 0.922. The Morgan fingerprint density at radius 3 is 2.40 bits per heavy atom. The summed E-state index contributed by atoms with van der Waals surface area (Å²) in [7, 11) is 0. The van der Waals surface area contributed by atoms with Crippen LogP contribution in [-0.4, -0.2) is 4.98 Å². The van der Waals surface area contributed by atoms with E-state index in [0.29, 0.717) is 0 Å². The zero-order valence-electron chi connectivity index (χ0n) is 8.74. The highest BCUT2D eigenvalue weighted by atomic mass is 32.1. The molecule has 0 bridgehead atoms. The molecule has 1 heterocycles. The van der Waals surface area contributed by atoms with Crippen molar-refractivity contribution in [2.24, 2.45) is 0 Å². The molecule has 0 spiro atoms. The first-order valence-corrected chi connectivity index (χ1v) is 5.53. The quantitative estimate of drug-likeness (QED) is 0.661. The molecule has 74 valence electrons. The molecule has 2 heteroatoms. The number of benzene rings is 1. The van der Waals surface area contributed by atoms with Gasteiger partial charge < -0.3 is 0 Å². The lowest BCUT2D eigenvalue weighted by molar-refractivity contribution is 1.26. The smallest absolute Gasteiger partial charge is 0.124 e. The molecule has 0 unspecified atom stereocenters. The van der Waals surface area contributed by atoms with Crippen LogP contribution in [0.4, 0.5) is 0 Å². The Kier molecular flexibility index (Phi) is 2.57. The van der Waals surface area contributed by atoms with E-state index in [1.165, 1.54) is 5.56 Å². The van der Waals surface area contributed by atoms with Gasteiger partial charge in [0.1, 0.15) is 5.01 Å². The van der Waals surface area contributed by atoms with Crippen molar-refractivity contribution in [3.8, 4) is 22.9 Å². The first-order valence-electron chi connectivity index (χ1n) is 4.72. The fourth-order valence-corrected chi connectivity index (χ4v) is 2.23. The lowest BCUT2D eigenvalue weighted by Crippen LogP contribution is -1.78. The lowest BCUT2D eigenvalue weighted by atomic mass is 10.2. The minimum Gasteiger partial charge on any atom is -0.240 e. The van der Waals surface area contributed by atoms with Gasteiger partial charge in [-0.25, -0.2) is 4.98 Å². The molecule has 2 aromatic rings. The summed E-state index contributed by atoms with van der Waals surface area (Å²) in [6.45, 7) is 4.02. The van der Waals surface area contributed by atoms with Crippen molar-refractivity contribution in [2.45, 2.75) is 13.8 Å². The molecule has 0 atom stereocenters. The summed E-state index contributed by atoms with van der Waals surface area (Å²) >= 11 is 1.57. The Labute approximate surface area is 93.8 Å². The van der Waals surface area contributed by atoms with Gasteiger partial charge in [0.25, 0.3) is 0 Å². The predicted molar refractivity (Wildman–Crippen MR) is 65.0 cm³/mol. The maximum absolute atomic E-state index is 5.39. The molecule has 1 aromatic heterocycles. The molecular weight excluding hydrogens is 202 g/mol. The Balaban J connectivity index is 2.46. The van der Waals surface area contributed by atoms with Crippen molar-refractivity contribution >= 4 is 11.3 Å². The molecule has 0 saturated heterocycles. The molecule has 0 aliphatic heterocycles. The van der Waals surface area contributed by atoms with Crippen LogP contribution >= 0.6 is 11.3 Å². The molecule has 0 amide bonds. The summed E-state index contributed by atoms with van der Waals surface area (Å²) in [6, 6.07) is 8.32. The second-order valence-corrected chi connectivity index (χ2v) is 4.44. The monoisotopic (exact) mass is 213 g/mol. The average Bonchev–Trinajstić information content (AvgIpc) is 2.61. The normalized spacial score (nSPS) is 9.93. The van der Waals surface area contributed by atoms with Gasteiger partial charge in [0.2, 0.25) is 0 Å². The van der Waals surface area contributed by atoms with Crippen LogP contribution in [0, 0.1) is 26.2 Å². The van der Waals surface area contributed by atoms with Gasteiger partial charge in [-0.3, -0.25) is 0 Å². The van der Waals surface area contributed by atoms with Gasteiger partial charge in [-0.05, 0) is 13.8 Å². The van der Waals surface area contributed by atoms with Crippen LogP contribution in [0.2, 0.25) is 0 Å². The van der Waals surface area contributed by atoms with Crippen LogP contribution in [0.5, 0.6) is 0 Å². The van der Waals surface area contributed by atoms with Crippen LogP contribution in [-0.2, 0) is 0 Å². The maximum Gasteiger partial charge on any atom is 0.124 e. The molecule has 0 radical (unpaired) electrons. The number of rotatable bonds is 1. The molecule has 0 fully saturated rings. The molecule has 1 aromatic carbocycles. The Hall–Kier alpha value is -1.59. The van der Waals surface area contributed by atoms with Crippen LogP contribution < -0.4 is 0 Å². The molecule has 0 N–H and O–H groups in total. The zero-order chi connectivity index (χ0) is 10.8. The van der Waals surface area contributed by atoms with Gasteiger partial charge in [0.05, 0.1) is 10.6 Å². The van der Waals surface area contributed by atoms with Crippen molar-refractivity contribution in [3.05, 3.63) is 40.4 Å². The average molecular weight is 213 g/mol. The van der Waals surface area contributed by atoms with Crippen LogP contribution in [0.15, 0.2) is 24.3 Å². The number of aromatic nitrogens is 1. The summed E-state index contributed by atoms with van der Waals surface area (Å²) in [5, 5.41) is 1.00. The molecule has 2 rings (SSSR count). The van der Waals surface area contributed by atoms with E-state index in [-0.39, 0.29) is 0 Å². The largest absolute Gasteiger partial charge is 0.240 e. The molecular formula is C13H11NS. The van der Waals surface area contributed by atoms with E-state index in [0.717, 1.165) is 21.1 Å². The second-order valence-electron chi connectivity index (χ2n) is 3.44. The van der Waals surface area contributed by atoms with Crippen molar-refractivity contribution in [1.82, 2.24) is 4.98 Å². The van der Waals surface area contributed by atoms with Gasteiger partial charge in [0, 0.05) is 5.56 Å². The number of aryl methyl sites for hydroxylation is 2. The zero-order valence-corrected chi connectivity index (χ0v) is 9.56. The fourth-order valence-electron chi connectivity index (χ4n) is 1.35. The molecule has 0 aliphatic carbocycles. The number of thiazole rings is 1. The summed E-state index contributed by atoms with van der Waals surface area (Å²) in [5.41, 5.74) is 3.33. The van der Waals surface area contributed by atoms with Crippen LogP contribution in [0.1, 0.15) is 16.1 Å². The predicted octanol–water partition coefficient (Wildman–Crippen LogP) is 3.41. The summed E-state index contributed by atoms with van der Waals surface area (Å²) in [6.07, 6.45) is 5.39. The second kappa shape index (κ2) is 3.88. The maximum atomic E-state index is 5.39. The van der Waals surface area contributed by atoms with E-state index in [1.54, 1.807) is 11.3 Å². The number of hydrogen-bond acceptors (Lipinski definition) is 2. The Bertz CT molecular complexity index is 514. The molecule has 1 nitrogen and oxygen atoms in total. The highest BCUT2D eigenvalue weighted by Crippen LogP contribution is 2.27. The van der Waals surface area contributed by atoms with Crippen molar-refractivity contribution < 1.29 is 0 Å².